The van der Waals surface area contributed by atoms with E-state index >= 15 is 0 Å². The SMILES string of the molecule is COC(=O)Cc1cc(=O)c2cccc(C(F)(F)F)c2[nH]1. The molecule has 0 bridgehead atoms. The largest absolute Gasteiger partial charge is 0.469 e. The van der Waals surface area contributed by atoms with E-state index in [1.165, 1.54) is 12.1 Å². The Hall–Kier alpha value is -2.31. The van der Waals surface area contributed by atoms with Gasteiger partial charge in [-0.25, -0.2) is 0 Å². The third-order valence-corrected chi connectivity index (χ3v) is 2.79. The van der Waals surface area contributed by atoms with Gasteiger partial charge in [-0.3, -0.25) is 9.59 Å². The second-order valence-corrected chi connectivity index (χ2v) is 4.14. The van der Waals surface area contributed by atoms with Gasteiger partial charge >= 0.3 is 12.1 Å². The molecule has 1 heterocycles. The van der Waals surface area contributed by atoms with Crippen molar-refractivity contribution >= 4 is 16.9 Å². The van der Waals surface area contributed by atoms with Crippen LogP contribution in [0.2, 0.25) is 0 Å². The number of methoxy groups -OCH3 is 1. The number of hydrogen-bond donors (Lipinski definition) is 1. The second-order valence-electron chi connectivity index (χ2n) is 4.14. The number of benzene rings is 1. The number of hydrogen-bond acceptors (Lipinski definition) is 3. The van der Waals surface area contributed by atoms with Crippen LogP contribution in [-0.4, -0.2) is 18.1 Å². The predicted octanol–water partition coefficient (Wildman–Crippen LogP) is 2.26. The van der Waals surface area contributed by atoms with Crippen LogP contribution in [0.25, 0.3) is 10.9 Å². The van der Waals surface area contributed by atoms with Gasteiger partial charge in [0.1, 0.15) is 0 Å². The molecule has 20 heavy (non-hydrogen) atoms. The third-order valence-electron chi connectivity index (χ3n) is 2.79. The van der Waals surface area contributed by atoms with Crippen molar-refractivity contribution in [2.75, 3.05) is 7.11 Å². The number of nitrogens with one attached hydrogen (secondary N) is 1. The fourth-order valence-electron chi connectivity index (χ4n) is 1.88. The highest BCUT2D eigenvalue weighted by molar-refractivity contribution is 5.83. The first-order valence-electron chi connectivity index (χ1n) is 5.62. The number of pyridine rings is 1. The number of fused-ring (bicyclic) bond motifs is 1. The van der Waals surface area contributed by atoms with Gasteiger partial charge in [-0.2, -0.15) is 13.2 Å². The summed E-state index contributed by atoms with van der Waals surface area (Å²) in [6, 6.07) is 4.44. The minimum atomic E-state index is -4.59. The van der Waals surface area contributed by atoms with Gasteiger partial charge in [0, 0.05) is 17.1 Å². The minimum Gasteiger partial charge on any atom is -0.469 e. The zero-order valence-corrected chi connectivity index (χ0v) is 10.4. The maximum atomic E-state index is 12.9. The molecule has 0 aliphatic rings. The fourth-order valence-corrected chi connectivity index (χ4v) is 1.88. The molecular weight excluding hydrogens is 275 g/mol. The molecule has 7 heteroatoms. The molecule has 1 aromatic carbocycles. The number of carbonyl (C=O) groups is 1. The van der Waals surface area contributed by atoms with Crippen molar-refractivity contribution in [1.29, 1.82) is 0 Å². The van der Waals surface area contributed by atoms with Crippen LogP contribution in [0, 0.1) is 0 Å². The van der Waals surface area contributed by atoms with E-state index in [0.717, 1.165) is 19.2 Å². The van der Waals surface area contributed by atoms with Gasteiger partial charge in [-0.1, -0.05) is 6.07 Å². The van der Waals surface area contributed by atoms with Gasteiger partial charge in [-0.15, -0.1) is 0 Å². The maximum absolute atomic E-state index is 12.9. The van der Waals surface area contributed by atoms with Crippen LogP contribution in [0.5, 0.6) is 0 Å². The molecule has 0 atom stereocenters. The molecule has 2 rings (SSSR count). The summed E-state index contributed by atoms with van der Waals surface area (Å²) in [5.41, 5.74) is -1.78. The molecular formula is C13H10F3NO3. The summed E-state index contributed by atoms with van der Waals surface area (Å²) in [4.78, 5) is 25.4. The Morgan fingerprint density at radius 2 is 2.05 bits per heavy atom. The van der Waals surface area contributed by atoms with Crippen molar-refractivity contribution in [2.45, 2.75) is 12.6 Å². The van der Waals surface area contributed by atoms with Crippen LogP contribution < -0.4 is 5.43 Å². The van der Waals surface area contributed by atoms with Gasteiger partial charge in [0.15, 0.2) is 5.43 Å². The molecule has 0 radical (unpaired) electrons. The topological polar surface area (TPSA) is 59.2 Å². The Bertz CT molecular complexity index is 719. The number of aromatic amines is 1. The van der Waals surface area contributed by atoms with Crippen molar-refractivity contribution in [3.05, 3.63) is 45.7 Å². The average Bonchev–Trinajstić information content (AvgIpc) is 2.36. The number of rotatable bonds is 2. The molecule has 1 aromatic heterocycles. The summed E-state index contributed by atoms with van der Waals surface area (Å²) in [6.07, 6.45) is -4.89. The lowest BCUT2D eigenvalue weighted by atomic mass is 10.1. The number of para-hydroxylation sites is 1. The monoisotopic (exact) mass is 285 g/mol. The number of aromatic nitrogens is 1. The maximum Gasteiger partial charge on any atom is 0.418 e. The smallest absolute Gasteiger partial charge is 0.418 e. The van der Waals surface area contributed by atoms with E-state index in [9.17, 15) is 22.8 Å². The van der Waals surface area contributed by atoms with Crippen molar-refractivity contribution in [2.24, 2.45) is 0 Å². The summed E-state index contributed by atoms with van der Waals surface area (Å²) < 4.78 is 43.1. The highest BCUT2D eigenvalue weighted by Crippen LogP contribution is 2.33. The van der Waals surface area contributed by atoms with Crippen LogP contribution in [0.1, 0.15) is 11.3 Å². The number of H-pyrrole nitrogens is 1. The number of alkyl halides is 3. The Morgan fingerprint density at radius 1 is 1.35 bits per heavy atom. The molecule has 4 nitrogen and oxygen atoms in total. The zero-order valence-electron chi connectivity index (χ0n) is 10.4. The summed E-state index contributed by atoms with van der Waals surface area (Å²) in [5, 5.41) is -0.0755. The van der Waals surface area contributed by atoms with Crippen LogP contribution in [0.15, 0.2) is 29.1 Å². The molecule has 0 aliphatic carbocycles. The van der Waals surface area contributed by atoms with E-state index in [0.29, 0.717) is 0 Å². The van der Waals surface area contributed by atoms with E-state index in [2.05, 4.69) is 9.72 Å². The number of esters is 1. The first-order chi connectivity index (χ1) is 9.32. The molecule has 0 unspecified atom stereocenters. The summed E-state index contributed by atoms with van der Waals surface area (Å²) in [5.74, 6) is -0.649. The fraction of sp³-hybridized carbons (Fsp3) is 0.231. The summed E-state index contributed by atoms with van der Waals surface area (Å²) in [7, 11) is 1.16. The molecule has 0 saturated heterocycles. The minimum absolute atomic E-state index is 0.0750. The van der Waals surface area contributed by atoms with E-state index in [4.69, 9.17) is 0 Å². The highest BCUT2D eigenvalue weighted by Gasteiger charge is 2.33. The van der Waals surface area contributed by atoms with Gasteiger partial charge < -0.3 is 9.72 Å². The standard InChI is InChI=1S/C13H10F3NO3/c1-20-11(19)6-7-5-10(18)8-3-2-4-9(12(8)17-7)13(14,15)16/h2-5H,6H2,1H3,(H,17,18). The highest BCUT2D eigenvalue weighted by atomic mass is 19.4. The van der Waals surface area contributed by atoms with E-state index in [-0.39, 0.29) is 23.0 Å². The van der Waals surface area contributed by atoms with Crippen LogP contribution in [0.3, 0.4) is 0 Å². The zero-order chi connectivity index (χ0) is 14.9. The normalized spacial score (nSPS) is 11.6. The third kappa shape index (κ3) is 2.66. The van der Waals surface area contributed by atoms with E-state index in [1.807, 2.05) is 0 Å². The van der Waals surface area contributed by atoms with Crippen molar-refractivity contribution < 1.29 is 22.7 Å². The summed E-state index contributed by atoms with van der Waals surface area (Å²) in [6.45, 7) is 0. The lowest BCUT2D eigenvalue weighted by molar-refractivity contribution is -0.139. The summed E-state index contributed by atoms with van der Waals surface area (Å²) >= 11 is 0. The van der Waals surface area contributed by atoms with Crippen molar-refractivity contribution in [1.82, 2.24) is 4.98 Å². The Labute approximate surface area is 111 Å². The molecule has 0 fully saturated rings. The van der Waals surface area contributed by atoms with E-state index < -0.39 is 23.1 Å². The van der Waals surface area contributed by atoms with Gasteiger partial charge in [-0.05, 0) is 12.1 Å². The lowest BCUT2D eigenvalue weighted by Gasteiger charge is -2.11. The van der Waals surface area contributed by atoms with E-state index in [1.54, 1.807) is 0 Å². The number of carbonyl (C=O) groups excluding carboxylic acids is 1. The van der Waals surface area contributed by atoms with Gasteiger partial charge in [0.25, 0.3) is 0 Å². The molecule has 0 spiro atoms. The molecule has 0 saturated carbocycles. The van der Waals surface area contributed by atoms with Crippen LogP contribution in [-0.2, 0) is 22.1 Å². The second kappa shape index (κ2) is 4.99. The Balaban J connectivity index is 2.68. The first kappa shape index (κ1) is 14.1. The van der Waals surface area contributed by atoms with Crippen LogP contribution >= 0.6 is 0 Å². The van der Waals surface area contributed by atoms with Crippen molar-refractivity contribution in [3.63, 3.8) is 0 Å². The molecule has 0 amide bonds. The predicted molar refractivity (Wildman–Crippen MR) is 65.3 cm³/mol. The number of halogens is 3. The molecule has 2 aromatic rings. The molecule has 0 aliphatic heterocycles. The van der Waals surface area contributed by atoms with Crippen LogP contribution in [0.4, 0.5) is 13.2 Å². The quantitative estimate of drug-likeness (QED) is 0.861. The van der Waals surface area contributed by atoms with Gasteiger partial charge in [0.05, 0.1) is 24.6 Å². The average molecular weight is 285 g/mol. The molecule has 1 N–H and O–H groups in total. The number of ether oxygens (including phenoxy) is 1. The Morgan fingerprint density at radius 3 is 2.65 bits per heavy atom. The first-order valence-corrected chi connectivity index (χ1v) is 5.62. The van der Waals surface area contributed by atoms with Crippen molar-refractivity contribution in [3.8, 4) is 0 Å². The lowest BCUT2D eigenvalue weighted by Crippen LogP contribution is -2.14. The van der Waals surface area contributed by atoms with Gasteiger partial charge in [0.2, 0.25) is 0 Å². The Kier molecular flexibility index (Phi) is 3.52. The molecule has 106 valence electrons.